The van der Waals surface area contributed by atoms with Crippen LogP contribution >= 0.6 is 39.9 Å². The van der Waals surface area contributed by atoms with Crippen LogP contribution in [0.4, 0.5) is 0 Å². The molecule has 0 bridgehead atoms. The summed E-state index contributed by atoms with van der Waals surface area (Å²) in [6.07, 6.45) is 3.20. The van der Waals surface area contributed by atoms with Crippen molar-refractivity contribution >= 4 is 50.0 Å². The molecule has 1 aromatic rings. The van der Waals surface area contributed by atoms with Crippen LogP contribution in [-0.4, -0.2) is 28.1 Å². The molecule has 1 fully saturated rings. The molecule has 0 aromatic heterocycles. The zero-order chi connectivity index (χ0) is 14.6. The van der Waals surface area contributed by atoms with Gasteiger partial charge >= 0.3 is 0 Å². The van der Waals surface area contributed by atoms with Gasteiger partial charge in [-0.1, -0.05) is 11.6 Å². The highest BCUT2D eigenvalue weighted by atomic mass is 79.9. The van der Waals surface area contributed by atoms with Gasteiger partial charge < -0.3 is 5.32 Å². The molecule has 1 aliphatic rings. The topological polar surface area (TPSA) is 58.2 Å². The third-order valence-electron chi connectivity index (χ3n) is 3.44. The van der Waals surface area contributed by atoms with Crippen LogP contribution in [0.2, 0.25) is 5.02 Å². The van der Waals surface area contributed by atoms with Crippen molar-refractivity contribution in [3.63, 3.8) is 0 Å². The van der Waals surface area contributed by atoms with Gasteiger partial charge in [-0.3, -0.25) is 0 Å². The Labute approximate surface area is 145 Å². The first-order chi connectivity index (χ1) is 9.49. The van der Waals surface area contributed by atoms with Gasteiger partial charge in [-0.15, -0.1) is 12.4 Å². The molecule has 0 spiro atoms. The molecule has 0 radical (unpaired) electrons. The largest absolute Gasteiger partial charge is 0.316 e. The third kappa shape index (κ3) is 5.69. The SMILES string of the molecule is Cl.O=S(=O)(NCCC1CCCNC1)c1ccc(Cl)c(Br)c1. The number of rotatable bonds is 5. The average molecular weight is 418 g/mol. The molecule has 1 unspecified atom stereocenters. The molecule has 0 saturated carbocycles. The minimum Gasteiger partial charge on any atom is -0.316 e. The predicted molar refractivity (Wildman–Crippen MR) is 91.8 cm³/mol. The monoisotopic (exact) mass is 416 g/mol. The van der Waals surface area contributed by atoms with Crippen molar-refractivity contribution in [2.24, 2.45) is 5.92 Å². The van der Waals surface area contributed by atoms with Gasteiger partial charge in [-0.05, 0) is 72.4 Å². The second-order valence-corrected chi connectivity index (χ2v) is 8.00. The first kappa shape index (κ1) is 19.2. The highest BCUT2D eigenvalue weighted by Crippen LogP contribution is 2.25. The van der Waals surface area contributed by atoms with Crippen molar-refractivity contribution in [1.29, 1.82) is 0 Å². The molecule has 1 saturated heterocycles. The summed E-state index contributed by atoms with van der Waals surface area (Å²) in [6, 6.07) is 4.61. The quantitative estimate of drug-likeness (QED) is 0.773. The van der Waals surface area contributed by atoms with E-state index in [9.17, 15) is 8.42 Å². The van der Waals surface area contributed by atoms with Crippen LogP contribution in [-0.2, 0) is 10.0 Å². The maximum Gasteiger partial charge on any atom is 0.240 e. The maximum atomic E-state index is 12.1. The van der Waals surface area contributed by atoms with Gasteiger partial charge in [0.2, 0.25) is 10.0 Å². The van der Waals surface area contributed by atoms with E-state index in [-0.39, 0.29) is 17.3 Å². The van der Waals surface area contributed by atoms with E-state index in [1.165, 1.54) is 25.0 Å². The Balaban J connectivity index is 0.00000220. The number of halogens is 3. The van der Waals surface area contributed by atoms with E-state index < -0.39 is 10.0 Å². The zero-order valence-electron chi connectivity index (χ0n) is 11.4. The number of nitrogens with one attached hydrogen (secondary N) is 2. The molecular weight excluding hydrogens is 399 g/mol. The van der Waals surface area contributed by atoms with Crippen LogP contribution in [0.5, 0.6) is 0 Å². The first-order valence-electron chi connectivity index (χ1n) is 6.64. The van der Waals surface area contributed by atoms with Crippen LogP contribution in [0, 0.1) is 5.92 Å². The minimum absolute atomic E-state index is 0. The lowest BCUT2D eigenvalue weighted by molar-refractivity contribution is 0.358. The lowest BCUT2D eigenvalue weighted by Crippen LogP contribution is -2.33. The number of benzene rings is 1. The van der Waals surface area contributed by atoms with Crippen molar-refractivity contribution in [1.82, 2.24) is 10.0 Å². The number of sulfonamides is 1. The van der Waals surface area contributed by atoms with Gasteiger partial charge in [-0.25, -0.2) is 13.1 Å². The molecule has 1 aliphatic heterocycles. The van der Waals surface area contributed by atoms with Gasteiger partial charge in [0.15, 0.2) is 0 Å². The van der Waals surface area contributed by atoms with Crippen molar-refractivity contribution in [3.8, 4) is 0 Å². The summed E-state index contributed by atoms with van der Waals surface area (Å²) in [7, 11) is -3.46. The smallest absolute Gasteiger partial charge is 0.240 e. The first-order valence-corrected chi connectivity index (χ1v) is 9.30. The second kappa shape index (κ2) is 8.70. The lowest BCUT2D eigenvalue weighted by atomic mass is 9.96. The highest BCUT2D eigenvalue weighted by Gasteiger charge is 2.17. The summed E-state index contributed by atoms with van der Waals surface area (Å²) in [5, 5.41) is 3.83. The van der Waals surface area contributed by atoms with Crippen molar-refractivity contribution < 1.29 is 8.42 Å². The van der Waals surface area contributed by atoms with Gasteiger partial charge in [0.1, 0.15) is 0 Å². The molecule has 120 valence electrons. The fraction of sp³-hybridized carbons (Fsp3) is 0.538. The molecule has 4 nitrogen and oxygen atoms in total. The van der Waals surface area contributed by atoms with Crippen LogP contribution in [0.25, 0.3) is 0 Å². The van der Waals surface area contributed by atoms with Crippen LogP contribution in [0.1, 0.15) is 19.3 Å². The Morgan fingerprint density at radius 3 is 2.81 bits per heavy atom. The Morgan fingerprint density at radius 2 is 2.19 bits per heavy atom. The molecule has 1 aromatic carbocycles. The van der Waals surface area contributed by atoms with E-state index >= 15 is 0 Å². The molecule has 0 aliphatic carbocycles. The summed E-state index contributed by atoms with van der Waals surface area (Å²) in [4.78, 5) is 0.232. The minimum atomic E-state index is -3.46. The number of hydrogen-bond donors (Lipinski definition) is 2. The van der Waals surface area contributed by atoms with Gasteiger partial charge in [-0.2, -0.15) is 0 Å². The summed E-state index contributed by atoms with van der Waals surface area (Å²) >= 11 is 9.10. The third-order valence-corrected chi connectivity index (χ3v) is 6.12. The molecular formula is C13H19BrCl2N2O2S. The average Bonchev–Trinajstić information content (AvgIpc) is 2.43. The number of hydrogen-bond acceptors (Lipinski definition) is 3. The van der Waals surface area contributed by atoms with Crippen LogP contribution < -0.4 is 10.0 Å². The van der Waals surface area contributed by atoms with Crippen molar-refractivity contribution in [2.75, 3.05) is 19.6 Å². The molecule has 0 amide bonds. The lowest BCUT2D eigenvalue weighted by Gasteiger charge is -2.22. The predicted octanol–water partition coefficient (Wildman–Crippen LogP) is 3.19. The normalized spacial score (nSPS) is 19.0. The molecule has 1 atom stereocenters. The molecule has 21 heavy (non-hydrogen) atoms. The summed E-state index contributed by atoms with van der Waals surface area (Å²) in [6.45, 7) is 2.52. The van der Waals surface area contributed by atoms with Gasteiger partial charge in [0, 0.05) is 11.0 Å². The van der Waals surface area contributed by atoms with E-state index in [2.05, 4.69) is 26.0 Å². The van der Waals surface area contributed by atoms with Crippen molar-refractivity contribution in [3.05, 3.63) is 27.7 Å². The summed E-state index contributed by atoms with van der Waals surface area (Å²) in [5.41, 5.74) is 0. The highest BCUT2D eigenvalue weighted by molar-refractivity contribution is 9.10. The Hall–Kier alpha value is 0.150. The van der Waals surface area contributed by atoms with Gasteiger partial charge in [0.05, 0.1) is 9.92 Å². The molecule has 2 rings (SSSR count). The van der Waals surface area contributed by atoms with E-state index in [0.717, 1.165) is 19.5 Å². The maximum absolute atomic E-state index is 12.1. The van der Waals surface area contributed by atoms with E-state index in [1.54, 1.807) is 6.07 Å². The fourth-order valence-corrected chi connectivity index (χ4v) is 4.02. The van der Waals surface area contributed by atoms with Crippen LogP contribution in [0.15, 0.2) is 27.6 Å². The van der Waals surface area contributed by atoms with E-state index in [1.807, 2.05) is 0 Å². The Kier molecular flexibility index (Phi) is 7.95. The Morgan fingerprint density at radius 1 is 1.43 bits per heavy atom. The molecule has 2 N–H and O–H groups in total. The second-order valence-electron chi connectivity index (χ2n) is 4.97. The zero-order valence-corrected chi connectivity index (χ0v) is 15.4. The molecule has 1 heterocycles. The van der Waals surface area contributed by atoms with E-state index in [4.69, 9.17) is 11.6 Å². The Bertz CT molecular complexity index is 563. The summed E-state index contributed by atoms with van der Waals surface area (Å²) in [5.74, 6) is 0.559. The standard InChI is InChI=1S/C13H18BrClN2O2S.ClH/c14-12-8-11(3-4-13(12)15)20(18,19)17-7-5-10-2-1-6-16-9-10;/h3-4,8,10,16-17H,1-2,5-7,9H2;1H. The van der Waals surface area contributed by atoms with Crippen LogP contribution in [0.3, 0.4) is 0 Å². The fourth-order valence-electron chi connectivity index (χ4n) is 2.30. The van der Waals surface area contributed by atoms with Gasteiger partial charge in [0.25, 0.3) is 0 Å². The summed E-state index contributed by atoms with van der Waals surface area (Å²) < 4.78 is 27.5. The van der Waals surface area contributed by atoms with E-state index in [0.29, 0.717) is 22.0 Å². The molecule has 8 heteroatoms. The number of piperidine rings is 1. The van der Waals surface area contributed by atoms with Crippen molar-refractivity contribution in [2.45, 2.75) is 24.2 Å².